The molecule has 0 aliphatic heterocycles. The number of carbonyl (C=O) groups is 2. The molecule has 0 heterocycles. The van der Waals surface area contributed by atoms with Crippen LogP contribution in [0.25, 0.3) is 0 Å². The van der Waals surface area contributed by atoms with E-state index in [2.05, 4.69) is 5.32 Å². The molecule has 1 unspecified atom stereocenters. The van der Waals surface area contributed by atoms with Crippen molar-refractivity contribution in [2.24, 2.45) is 0 Å². The fourth-order valence-corrected chi connectivity index (χ4v) is 4.86. The number of hydrogen-bond donors (Lipinski definition) is 1. The summed E-state index contributed by atoms with van der Waals surface area (Å²) in [6.07, 6.45) is 3.13. The SMILES string of the molecule is CCCCNC(=O)C(CC)N(Cc1ccccc1C)C(=O)CN(c1cc(Cl)ccc1OC)S(C)(=O)=O. The number of unbranched alkanes of at least 4 members (excludes halogenated alkanes) is 1. The molecule has 0 fully saturated rings. The van der Waals surface area contributed by atoms with Gasteiger partial charge in [-0.3, -0.25) is 13.9 Å². The van der Waals surface area contributed by atoms with E-state index in [1.54, 1.807) is 12.1 Å². The molecule has 1 atom stereocenters. The van der Waals surface area contributed by atoms with E-state index < -0.39 is 28.5 Å². The number of benzene rings is 2. The van der Waals surface area contributed by atoms with Crippen LogP contribution < -0.4 is 14.4 Å². The molecule has 10 heteroatoms. The van der Waals surface area contributed by atoms with Crippen LogP contribution in [0.3, 0.4) is 0 Å². The maximum atomic E-state index is 13.8. The Morgan fingerprint density at radius 3 is 2.42 bits per heavy atom. The van der Waals surface area contributed by atoms with Crippen molar-refractivity contribution in [3.05, 3.63) is 58.6 Å². The molecule has 2 rings (SSSR count). The molecule has 0 aliphatic carbocycles. The summed E-state index contributed by atoms with van der Waals surface area (Å²) < 4.78 is 31.9. The van der Waals surface area contributed by atoms with Crippen LogP contribution in [0.5, 0.6) is 5.75 Å². The number of aryl methyl sites for hydroxylation is 1. The highest BCUT2D eigenvalue weighted by atomic mass is 35.5. The minimum absolute atomic E-state index is 0.150. The predicted octanol–water partition coefficient (Wildman–Crippen LogP) is 4.15. The normalized spacial score (nSPS) is 12.1. The number of ether oxygens (including phenoxy) is 1. The summed E-state index contributed by atoms with van der Waals surface area (Å²) in [5.74, 6) is -0.519. The molecule has 2 aromatic carbocycles. The van der Waals surface area contributed by atoms with Crippen molar-refractivity contribution >= 4 is 39.1 Å². The number of amides is 2. The Kier molecular flexibility index (Phi) is 11.0. The van der Waals surface area contributed by atoms with Gasteiger partial charge in [-0.15, -0.1) is 0 Å². The minimum Gasteiger partial charge on any atom is -0.495 e. The van der Waals surface area contributed by atoms with Gasteiger partial charge < -0.3 is 15.0 Å². The molecule has 1 N–H and O–H groups in total. The summed E-state index contributed by atoms with van der Waals surface area (Å²) in [5.41, 5.74) is 1.99. The third kappa shape index (κ3) is 7.86. The van der Waals surface area contributed by atoms with Crippen molar-refractivity contribution in [3.8, 4) is 5.75 Å². The first-order valence-corrected chi connectivity index (χ1v) is 14.2. The van der Waals surface area contributed by atoms with Crippen molar-refractivity contribution in [1.29, 1.82) is 0 Å². The maximum absolute atomic E-state index is 13.8. The largest absolute Gasteiger partial charge is 0.495 e. The third-order valence-electron chi connectivity index (χ3n) is 5.91. The van der Waals surface area contributed by atoms with Gasteiger partial charge >= 0.3 is 0 Å². The van der Waals surface area contributed by atoms with Gasteiger partial charge in [0.2, 0.25) is 21.8 Å². The molecule has 0 aromatic heterocycles. The zero-order valence-corrected chi connectivity index (χ0v) is 23.2. The Labute approximate surface area is 219 Å². The highest BCUT2D eigenvalue weighted by Gasteiger charge is 2.32. The fourth-order valence-electron chi connectivity index (χ4n) is 3.85. The Morgan fingerprint density at radius 2 is 1.83 bits per heavy atom. The second-order valence-corrected chi connectivity index (χ2v) is 10.9. The topological polar surface area (TPSA) is 96.0 Å². The van der Waals surface area contributed by atoms with Gasteiger partial charge in [-0.25, -0.2) is 8.42 Å². The van der Waals surface area contributed by atoms with E-state index in [0.29, 0.717) is 18.0 Å². The zero-order valence-electron chi connectivity index (χ0n) is 21.6. The van der Waals surface area contributed by atoms with Crippen LogP contribution in [-0.2, 0) is 26.2 Å². The second kappa shape index (κ2) is 13.5. The molecule has 2 amide bonds. The first-order valence-electron chi connectivity index (χ1n) is 12.0. The van der Waals surface area contributed by atoms with Crippen molar-refractivity contribution in [1.82, 2.24) is 10.2 Å². The molecule has 0 spiro atoms. The molecule has 0 bridgehead atoms. The van der Waals surface area contributed by atoms with E-state index in [1.165, 1.54) is 18.1 Å². The van der Waals surface area contributed by atoms with E-state index in [0.717, 1.165) is 34.5 Å². The number of halogens is 1. The summed E-state index contributed by atoms with van der Waals surface area (Å²) >= 11 is 6.14. The Hall–Kier alpha value is -2.78. The number of carbonyl (C=O) groups excluding carboxylic acids is 2. The molecule has 2 aromatic rings. The van der Waals surface area contributed by atoms with Crippen molar-refractivity contribution in [2.45, 2.75) is 52.6 Å². The Balaban J connectivity index is 2.49. The van der Waals surface area contributed by atoms with E-state index in [-0.39, 0.29) is 23.9 Å². The lowest BCUT2D eigenvalue weighted by Crippen LogP contribution is -2.52. The maximum Gasteiger partial charge on any atom is 0.244 e. The van der Waals surface area contributed by atoms with Gasteiger partial charge in [0.15, 0.2) is 0 Å². The van der Waals surface area contributed by atoms with Gasteiger partial charge in [0.25, 0.3) is 0 Å². The smallest absolute Gasteiger partial charge is 0.244 e. The predicted molar refractivity (Wildman–Crippen MR) is 144 cm³/mol. The molecule has 0 saturated carbocycles. The van der Waals surface area contributed by atoms with Gasteiger partial charge in [-0.05, 0) is 49.1 Å². The zero-order chi connectivity index (χ0) is 26.9. The lowest BCUT2D eigenvalue weighted by Gasteiger charge is -2.33. The molecule has 36 heavy (non-hydrogen) atoms. The van der Waals surface area contributed by atoms with E-state index >= 15 is 0 Å². The first-order chi connectivity index (χ1) is 17.0. The van der Waals surface area contributed by atoms with Crippen LogP contribution in [0.4, 0.5) is 5.69 Å². The van der Waals surface area contributed by atoms with Crippen LogP contribution >= 0.6 is 11.6 Å². The Morgan fingerprint density at radius 1 is 1.14 bits per heavy atom. The van der Waals surface area contributed by atoms with Crippen molar-refractivity contribution in [3.63, 3.8) is 0 Å². The molecule has 0 aliphatic rings. The summed E-state index contributed by atoms with van der Waals surface area (Å²) in [6, 6.07) is 11.4. The highest BCUT2D eigenvalue weighted by molar-refractivity contribution is 7.92. The summed E-state index contributed by atoms with van der Waals surface area (Å²) in [7, 11) is -2.49. The van der Waals surface area contributed by atoms with E-state index in [1.807, 2.05) is 45.0 Å². The number of hydrogen-bond acceptors (Lipinski definition) is 5. The van der Waals surface area contributed by atoms with Crippen LogP contribution in [-0.4, -0.2) is 57.6 Å². The monoisotopic (exact) mass is 537 g/mol. The van der Waals surface area contributed by atoms with E-state index in [4.69, 9.17) is 16.3 Å². The molecule has 8 nitrogen and oxygen atoms in total. The minimum atomic E-state index is -3.90. The van der Waals surface area contributed by atoms with Crippen LogP contribution in [0.15, 0.2) is 42.5 Å². The molecule has 0 radical (unpaired) electrons. The van der Waals surface area contributed by atoms with Gasteiger partial charge in [0.05, 0.1) is 19.1 Å². The van der Waals surface area contributed by atoms with Gasteiger partial charge in [0.1, 0.15) is 18.3 Å². The fraction of sp³-hybridized carbons (Fsp3) is 0.462. The molecular weight excluding hydrogens is 502 g/mol. The lowest BCUT2D eigenvalue weighted by molar-refractivity contribution is -0.140. The number of anilines is 1. The second-order valence-electron chi connectivity index (χ2n) is 8.60. The molecule has 198 valence electrons. The average Bonchev–Trinajstić information content (AvgIpc) is 2.82. The average molecular weight is 538 g/mol. The summed E-state index contributed by atoms with van der Waals surface area (Å²) in [6.45, 7) is 5.95. The van der Waals surface area contributed by atoms with Crippen LogP contribution in [0.2, 0.25) is 5.02 Å². The van der Waals surface area contributed by atoms with Crippen LogP contribution in [0, 0.1) is 6.92 Å². The standard InChI is InChI=1S/C26H36ClN3O5S/c1-6-8-15-28-26(32)22(7-2)29(17-20-12-10-9-11-19(20)3)25(31)18-30(36(5,33)34)23-16-21(27)13-14-24(23)35-4/h9-14,16,22H,6-8,15,17-18H2,1-5H3,(H,28,32). The van der Waals surface area contributed by atoms with Crippen molar-refractivity contribution in [2.75, 3.05) is 30.8 Å². The first kappa shape index (κ1) is 29.5. The molecule has 0 saturated heterocycles. The lowest BCUT2D eigenvalue weighted by atomic mass is 10.1. The number of methoxy groups -OCH3 is 1. The number of rotatable bonds is 13. The number of nitrogens with one attached hydrogen (secondary N) is 1. The van der Waals surface area contributed by atoms with Gasteiger partial charge in [-0.1, -0.05) is 56.1 Å². The quantitative estimate of drug-likeness (QED) is 0.387. The van der Waals surface area contributed by atoms with Crippen LogP contribution in [0.1, 0.15) is 44.2 Å². The Bertz CT molecular complexity index is 1160. The third-order valence-corrected chi connectivity index (χ3v) is 7.27. The molecular formula is C26H36ClN3O5S. The summed E-state index contributed by atoms with van der Waals surface area (Å²) in [5, 5.41) is 3.21. The number of nitrogens with zero attached hydrogens (tertiary/aromatic N) is 2. The van der Waals surface area contributed by atoms with E-state index in [9.17, 15) is 18.0 Å². The number of sulfonamides is 1. The van der Waals surface area contributed by atoms with Crippen molar-refractivity contribution < 1.29 is 22.7 Å². The summed E-state index contributed by atoms with van der Waals surface area (Å²) in [4.78, 5) is 28.3. The highest BCUT2D eigenvalue weighted by Crippen LogP contribution is 2.33. The van der Waals surface area contributed by atoms with Gasteiger partial charge in [0, 0.05) is 18.1 Å². The van der Waals surface area contributed by atoms with Gasteiger partial charge in [-0.2, -0.15) is 0 Å².